The van der Waals surface area contributed by atoms with E-state index in [2.05, 4.69) is 20.6 Å². The van der Waals surface area contributed by atoms with Crippen molar-refractivity contribution in [2.45, 2.75) is 13.3 Å². The lowest BCUT2D eigenvalue weighted by Crippen LogP contribution is -2.23. The van der Waals surface area contributed by atoms with E-state index in [-0.39, 0.29) is 11.7 Å². The first-order valence-electron chi connectivity index (χ1n) is 8.40. The Labute approximate surface area is 151 Å². The largest absolute Gasteiger partial charge is 0.352 e. The number of nitrogens with one attached hydrogen (secondary N) is 2. The Hall–Kier alpha value is -3.28. The molecule has 0 atom stereocenters. The molecule has 0 saturated heterocycles. The monoisotopic (exact) mass is 350 g/mol. The van der Waals surface area contributed by atoms with Crippen molar-refractivity contribution in [3.63, 3.8) is 0 Å². The summed E-state index contributed by atoms with van der Waals surface area (Å²) in [6.07, 6.45) is 2.54. The lowest BCUT2D eigenvalue weighted by Gasteiger charge is -2.08. The quantitative estimate of drug-likeness (QED) is 0.700. The fraction of sp³-hybridized carbons (Fsp3) is 0.150. The van der Waals surface area contributed by atoms with Gasteiger partial charge >= 0.3 is 0 Å². The molecule has 2 N–H and O–H groups in total. The molecule has 0 saturated carbocycles. The van der Waals surface area contributed by atoms with Gasteiger partial charge < -0.3 is 10.6 Å². The van der Waals surface area contributed by atoms with Crippen molar-refractivity contribution in [2.24, 2.45) is 0 Å². The van der Waals surface area contributed by atoms with Gasteiger partial charge in [-0.25, -0.2) is 14.4 Å². The second-order valence-electron chi connectivity index (χ2n) is 5.73. The molecule has 0 spiro atoms. The molecule has 5 nitrogen and oxygen atoms in total. The minimum absolute atomic E-state index is 0.0842. The molecule has 1 amide bonds. The maximum atomic E-state index is 13.0. The molecule has 0 unspecified atom stereocenters. The molecule has 0 aliphatic heterocycles. The first-order chi connectivity index (χ1) is 12.7. The summed E-state index contributed by atoms with van der Waals surface area (Å²) in [5.41, 5.74) is 2.15. The summed E-state index contributed by atoms with van der Waals surface area (Å²) in [5, 5.41) is 6.02. The summed E-state index contributed by atoms with van der Waals surface area (Å²) in [7, 11) is 0. The van der Waals surface area contributed by atoms with Crippen molar-refractivity contribution in [2.75, 3.05) is 11.9 Å². The van der Waals surface area contributed by atoms with Gasteiger partial charge in [-0.15, -0.1) is 0 Å². The van der Waals surface area contributed by atoms with Crippen LogP contribution in [0.5, 0.6) is 0 Å². The zero-order valence-electron chi connectivity index (χ0n) is 14.4. The first-order valence-corrected chi connectivity index (χ1v) is 8.40. The summed E-state index contributed by atoms with van der Waals surface area (Å²) >= 11 is 0. The topological polar surface area (TPSA) is 66.9 Å². The maximum Gasteiger partial charge on any atom is 0.251 e. The van der Waals surface area contributed by atoms with Crippen LogP contribution in [0.15, 0.2) is 60.8 Å². The van der Waals surface area contributed by atoms with E-state index < -0.39 is 0 Å². The van der Waals surface area contributed by atoms with Crippen molar-refractivity contribution in [3.8, 4) is 11.4 Å². The van der Waals surface area contributed by atoms with Crippen LogP contribution in [0.4, 0.5) is 15.9 Å². The number of hydrogen-bond donors (Lipinski definition) is 2. The minimum Gasteiger partial charge on any atom is -0.352 e. The Bertz CT molecular complexity index is 879. The third-order valence-electron chi connectivity index (χ3n) is 3.71. The molecule has 0 radical (unpaired) electrons. The standard InChI is InChI=1S/C20H19FN4O/c1-2-12-23-20(26)15-5-9-17(10-6-15)24-18-11-13-22-19(25-18)14-3-7-16(21)8-4-14/h3-11,13H,2,12H2,1H3,(H,23,26)(H,22,24,25). The van der Waals surface area contributed by atoms with Crippen LogP contribution in [0.25, 0.3) is 11.4 Å². The number of carbonyl (C=O) groups excluding carboxylic acids is 1. The van der Waals surface area contributed by atoms with Gasteiger partial charge in [0.15, 0.2) is 5.82 Å². The van der Waals surface area contributed by atoms with Crippen LogP contribution in [0.1, 0.15) is 23.7 Å². The molecule has 132 valence electrons. The van der Waals surface area contributed by atoms with Crippen LogP contribution in [0.3, 0.4) is 0 Å². The van der Waals surface area contributed by atoms with Crippen molar-refractivity contribution in [1.29, 1.82) is 0 Å². The molecular weight excluding hydrogens is 331 g/mol. The number of hydrogen-bond acceptors (Lipinski definition) is 4. The Balaban J connectivity index is 1.72. The van der Waals surface area contributed by atoms with Crippen LogP contribution in [0.2, 0.25) is 0 Å². The van der Waals surface area contributed by atoms with Crippen LogP contribution in [-0.2, 0) is 0 Å². The number of amides is 1. The Morgan fingerprint density at radius 2 is 1.77 bits per heavy atom. The Morgan fingerprint density at radius 3 is 2.46 bits per heavy atom. The highest BCUT2D eigenvalue weighted by atomic mass is 19.1. The predicted molar refractivity (Wildman–Crippen MR) is 99.8 cm³/mol. The molecule has 6 heteroatoms. The van der Waals surface area contributed by atoms with Gasteiger partial charge in [0.2, 0.25) is 0 Å². The van der Waals surface area contributed by atoms with E-state index in [4.69, 9.17) is 0 Å². The van der Waals surface area contributed by atoms with Crippen LogP contribution in [-0.4, -0.2) is 22.4 Å². The molecule has 0 aliphatic rings. The number of carbonyl (C=O) groups is 1. The zero-order valence-corrected chi connectivity index (χ0v) is 14.4. The first kappa shape index (κ1) is 17.5. The van der Waals surface area contributed by atoms with Crippen LogP contribution < -0.4 is 10.6 Å². The number of anilines is 2. The third-order valence-corrected chi connectivity index (χ3v) is 3.71. The second kappa shape index (κ2) is 8.20. The van der Waals surface area contributed by atoms with Gasteiger partial charge in [0.1, 0.15) is 11.6 Å². The summed E-state index contributed by atoms with van der Waals surface area (Å²) in [6, 6.07) is 14.9. The highest BCUT2D eigenvalue weighted by molar-refractivity contribution is 5.94. The van der Waals surface area contributed by atoms with E-state index in [0.29, 0.717) is 23.8 Å². The molecule has 3 rings (SSSR count). The molecule has 3 aromatic rings. The van der Waals surface area contributed by atoms with Gasteiger partial charge in [-0.3, -0.25) is 4.79 Å². The van der Waals surface area contributed by atoms with E-state index in [0.717, 1.165) is 17.7 Å². The number of halogens is 1. The van der Waals surface area contributed by atoms with Gasteiger partial charge in [-0.05, 0) is 61.0 Å². The summed E-state index contributed by atoms with van der Waals surface area (Å²) in [5.74, 6) is 0.734. The van der Waals surface area contributed by atoms with Gasteiger partial charge in [-0.1, -0.05) is 6.92 Å². The molecule has 2 aromatic carbocycles. The van der Waals surface area contributed by atoms with E-state index in [1.54, 1.807) is 36.5 Å². The van der Waals surface area contributed by atoms with E-state index in [1.807, 2.05) is 19.1 Å². The third kappa shape index (κ3) is 4.42. The van der Waals surface area contributed by atoms with Crippen LogP contribution in [0, 0.1) is 5.82 Å². The maximum absolute atomic E-state index is 13.0. The molecule has 0 bridgehead atoms. The average Bonchev–Trinajstić information content (AvgIpc) is 2.67. The van der Waals surface area contributed by atoms with E-state index in [9.17, 15) is 9.18 Å². The van der Waals surface area contributed by atoms with Gasteiger partial charge in [0.25, 0.3) is 5.91 Å². The Kier molecular flexibility index (Phi) is 5.53. The molecular formula is C20H19FN4O. The van der Waals surface area contributed by atoms with Crippen molar-refractivity contribution >= 4 is 17.4 Å². The van der Waals surface area contributed by atoms with Crippen LogP contribution >= 0.6 is 0 Å². The van der Waals surface area contributed by atoms with E-state index in [1.165, 1.54) is 12.1 Å². The predicted octanol–water partition coefficient (Wildman–Crippen LogP) is 4.17. The number of benzene rings is 2. The summed E-state index contributed by atoms with van der Waals surface area (Å²) < 4.78 is 13.0. The fourth-order valence-corrected chi connectivity index (χ4v) is 2.36. The number of rotatable bonds is 6. The zero-order chi connectivity index (χ0) is 18.4. The lowest BCUT2D eigenvalue weighted by molar-refractivity contribution is 0.0953. The number of nitrogens with zero attached hydrogens (tertiary/aromatic N) is 2. The SMILES string of the molecule is CCCNC(=O)c1ccc(Nc2ccnc(-c3ccc(F)cc3)n2)cc1. The highest BCUT2D eigenvalue weighted by Crippen LogP contribution is 2.19. The molecule has 26 heavy (non-hydrogen) atoms. The molecule has 0 fully saturated rings. The van der Waals surface area contributed by atoms with Crippen molar-refractivity contribution < 1.29 is 9.18 Å². The molecule has 0 aliphatic carbocycles. The molecule has 1 heterocycles. The smallest absolute Gasteiger partial charge is 0.251 e. The number of aromatic nitrogens is 2. The van der Waals surface area contributed by atoms with Crippen molar-refractivity contribution in [3.05, 3.63) is 72.2 Å². The second-order valence-corrected chi connectivity index (χ2v) is 5.73. The summed E-state index contributed by atoms with van der Waals surface area (Å²) in [4.78, 5) is 20.6. The van der Waals surface area contributed by atoms with E-state index >= 15 is 0 Å². The van der Waals surface area contributed by atoms with Gasteiger partial charge in [0, 0.05) is 29.6 Å². The fourth-order valence-electron chi connectivity index (χ4n) is 2.36. The van der Waals surface area contributed by atoms with Gasteiger partial charge in [-0.2, -0.15) is 0 Å². The summed E-state index contributed by atoms with van der Waals surface area (Å²) in [6.45, 7) is 2.67. The Morgan fingerprint density at radius 1 is 1.04 bits per heavy atom. The molecule has 1 aromatic heterocycles. The van der Waals surface area contributed by atoms with Gasteiger partial charge in [0.05, 0.1) is 0 Å². The minimum atomic E-state index is -0.300. The lowest BCUT2D eigenvalue weighted by atomic mass is 10.2. The average molecular weight is 350 g/mol. The van der Waals surface area contributed by atoms with Crippen molar-refractivity contribution in [1.82, 2.24) is 15.3 Å². The normalized spacial score (nSPS) is 10.4. The highest BCUT2D eigenvalue weighted by Gasteiger charge is 2.06.